The number of hydrogen-bond donors (Lipinski definition) is 4. The van der Waals surface area contributed by atoms with Gasteiger partial charge in [-0.1, -0.05) is 30.3 Å². The topological polar surface area (TPSA) is 130 Å². The van der Waals surface area contributed by atoms with Crippen LogP contribution in [0.4, 0.5) is 10.2 Å². The van der Waals surface area contributed by atoms with E-state index in [1.807, 2.05) is 6.07 Å². The Labute approximate surface area is 225 Å². The molecule has 1 atom stereocenters. The summed E-state index contributed by atoms with van der Waals surface area (Å²) in [7, 11) is 0. The van der Waals surface area contributed by atoms with Crippen molar-refractivity contribution in [2.75, 3.05) is 18.9 Å². The van der Waals surface area contributed by atoms with Crippen LogP contribution >= 0.6 is 0 Å². The van der Waals surface area contributed by atoms with Crippen molar-refractivity contribution in [3.8, 4) is 11.4 Å². The number of carboxylic acid groups (broad SMARTS) is 1. The van der Waals surface area contributed by atoms with Gasteiger partial charge in [0, 0.05) is 17.2 Å². The Kier molecular flexibility index (Phi) is 8.53. The van der Waals surface area contributed by atoms with E-state index in [4.69, 9.17) is 15.9 Å². The van der Waals surface area contributed by atoms with Crippen molar-refractivity contribution in [1.29, 1.82) is 5.41 Å². The molecule has 0 bridgehead atoms. The second-order valence-electron chi connectivity index (χ2n) is 8.98. The van der Waals surface area contributed by atoms with E-state index >= 15 is 0 Å². The van der Waals surface area contributed by atoms with Gasteiger partial charge in [-0.25, -0.2) is 4.39 Å². The molecule has 200 valence electrons. The van der Waals surface area contributed by atoms with Crippen molar-refractivity contribution >= 4 is 17.5 Å². The smallest absolute Gasteiger partial charge is 0.325 e. The molecule has 0 aliphatic rings. The molecule has 1 heterocycles. The Morgan fingerprint density at radius 1 is 1.08 bits per heavy atom. The average Bonchev–Trinajstić information content (AvgIpc) is 2.93. The number of carbonyl (C=O) groups is 1. The van der Waals surface area contributed by atoms with Crippen LogP contribution in [0.25, 0.3) is 5.69 Å². The van der Waals surface area contributed by atoms with E-state index < -0.39 is 12.0 Å². The molecule has 0 amide bonds. The Hall–Kier alpha value is -4.76. The highest BCUT2D eigenvalue weighted by molar-refractivity contribution is 6.13. The number of aryl methyl sites for hydroxylation is 1. The predicted octanol–water partition coefficient (Wildman–Crippen LogP) is 4.47. The number of anilines is 1. The summed E-state index contributed by atoms with van der Waals surface area (Å²) in [4.78, 5) is 24.3. The van der Waals surface area contributed by atoms with Gasteiger partial charge < -0.3 is 20.9 Å². The second-order valence-corrected chi connectivity index (χ2v) is 8.98. The van der Waals surface area contributed by atoms with E-state index in [-0.39, 0.29) is 22.9 Å². The van der Waals surface area contributed by atoms with Crippen LogP contribution in [0.3, 0.4) is 0 Å². The summed E-state index contributed by atoms with van der Waals surface area (Å²) in [5.41, 5.74) is 8.49. The molecule has 3 aromatic carbocycles. The summed E-state index contributed by atoms with van der Waals surface area (Å²) in [6.45, 7) is 2.43. The zero-order valence-electron chi connectivity index (χ0n) is 21.4. The maximum absolute atomic E-state index is 13.7. The Morgan fingerprint density at radius 3 is 2.46 bits per heavy atom. The number of aromatic nitrogens is 1. The summed E-state index contributed by atoms with van der Waals surface area (Å²) in [5.74, 6) is -0.631. The molecule has 1 aromatic heterocycles. The van der Waals surface area contributed by atoms with Gasteiger partial charge in [-0.15, -0.1) is 0 Å². The number of aliphatic carboxylic acids is 1. The van der Waals surface area contributed by atoms with Gasteiger partial charge in [0.1, 0.15) is 23.4 Å². The summed E-state index contributed by atoms with van der Waals surface area (Å²) in [6, 6.07) is 22.2. The van der Waals surface area contributed by atoms with Crippen LogP contribution in [-0.2, 0) is 4.79 Å². The third kappa shape index (κ3) is 6.39. The minimum absolute atomic E-state index is 0.0790. The number of nitrogens with one attached hydrogen (secondary N) is 2. The average molecular weight is 529 g/mol. The highest BCUT2D eigenvalue weighted by Crippen LogP contribution is 2.22. The van der Waals surface area contributed by atoms with E-state index in [2.05, 4.69) is 5.32 Å². The van der Waals surface area contributed by atoms with E-state index in [9.17, 15) is 19.1 Å². The molecule has 8 nitrogen and oxygen atoms in total. The first-order valence-electron chi connectivity index (χ1n) is 12.4. The lowest BCUT2D eigenvalue weighted by atomic mass is 10.0. The van der Waals surface area contributed by atoms with Gasteiger partial charge in [-0.2, -0.15) is 0 Å². The highest BCUT2D eigenvalue weighted by Gasteiger charge is 2.18. The van der Waals surface area contributed by atoms with Crippen molar-refractivity contribution in [2.24, 2.45) is 0 Å². The van der Waals surface area contributed by atoms with Crippen LogP contribution < -0.4 is 21.3 Å². The predicted molar refractivity (Wildman–Crippen MR) is 148 cm³/mol. The molecule has 9 heteroatoms. The number of carboxylic acids is 1. The van der Waals surface area contributed by atoms with Crippen LogP contribution in [-0.4, -0.2) is 34.5 Å². The van der Waals surface area contributed by atoms with Crippen molar-refractivity contribution in [1.82, 2.24) is 9.88 Å². The highest BCUT2D eigenvalue weighted by atomic mass is 19.1. The van der Waals surface area contributed by atoms with E-state index in [1.165, 1.54) is 28.8 Å². The summed E-state index contributed by atoms with van der Waals surface area (Å²) in [6.07, 6.45) is 0.581. The molecule has 39 heavy (non-hydrogen) atoms. The van der Waals surface area contributed by atoms with E-state index in [0.717, 1.165) is 0 Å². The first-order chi connectivity index (χ1) is 18.8. The molecular weight excluding hydrogens is 499 g/mol. The van der Waals surface area contributed by atoms with Gasteiger partial charge in [0.15, 0.2) is 0 Å². The molecule has 0 unspecified atom stereocenters. The molecule has 0 radical (unpaired) electrons. The number of nitrogen functional groups attached to an aromatic ring is 1. The molecule has 0 spiro atoms. The number of halogens is 1. The van der Waals surface area contributed by atoms with Crippen molar-refractivity contribution in [3.05, 3.63) is 123 Å². The Bertz CT molecular complexity index is 1540. The zero-order chi connectivity index (χ0) is 27.9. The van der Waals surface area contributed by atoms with Gasteiger partial charge >= 0.3 is 5.97 Å². The number of pyridine rings is 1. The van der Waals surface area contributed by atoms with E-state index in [1.54, 1.807) is 61.5 Å². The van der Waals surface area contributed by atoms with Crippen molar-refractivity contribution in [2.45, 2.75) is 19.4 Å². The first kappa shape index (κ1) is 27.3. The number of nitrogens with two attached hydrogens (primary N) is 1. The minimum Gasteiger partial charge on any atom is -0.494 e. The third-order valence-corrected chi connectivity index (χ3v) is 6.26. The molecule has 5 N–H and O–H groups in total. The Balaban J connectivity index is 1.39. The van der Waals surface area contributed by atoms with Gasteiger partial charge in [0.25, 0.3) is 5.56 Å². The number of hydrogen-bond acceptors (Lipinski definition) is 6. The molecule has 4 aromatic rings. The minimum atomic E-state index is -0.945. The summed E-state index contributed by atoms with van der Waals surface area (Å²) >= 11 is 0. The van der Waals surface area contributed by atoms with Gasteiger partial charge in [-0.05, 0) is 79.5 Å². The van der Waals surface area contributed by atoms with Crippen LogP contribution in [0.1, 0.15) is 34.7 Å². The molecule has 0 saturated carbocycles. The zero-order valence-corrected chi connectivity index (χ0v) is 21.4. The number of benzene rings is 3. The number of nitrogens with zero attached hydrogens (tertiary/aromatic N) is 1. The van der Waals surface area contributed by atoms with Gasteiger partial charge in [0.2, 0.25) is 0 Å². The van der Waals surface area contributed by atoms with E-state index in [0.29, 0.717) is 53.3 Å². The maximum Gasteiger partial charge on any atom is 0.325 e. The van der Waals surface area contributed by atoms with Crippen molar-refractivity contribution in [3.63, 3.8) is 0 Å². The molecule has 0 aliphatic carbocycles. The lowest BCUT2D eigenvalue weighted by Gasteiger charge is -2.16. The standard InChI is InChI=1S/C30H29FN4O4/c1-19-18-21(8-14-25(19)31)27(32)24-13-15-26(36)35(29(24)33)22-9-11-23(12-10-22)39-17-5-16-34-28(30(37)38)20-6-3-2-4-7-20/h2-4,6-15,18,28,32,34H,5,16-17,33H2,1H3,(H,37,38)/t28-/m0/s1. The summed E-state index contributed by atoms with van der Waals surface area (Å²) in [5, 5.41) is 21.1. The lowest BCUT2D eigenvalue weighted by Crippen LogP contribution is -2.29. The molecular formula is C30H29FN4O4. The van der Waals surface area contributed by atoms with Crippen LogP contribution in [0, 0.1) is 18.2 Å². The molecule has 0 fully saturated rings. The normalized spacial score (nSPS) is 11.6. The number of ether oxygens (including phenoxy) is 1. The SMILES string of the molecule is Cc1cc(C(=N)c2ccc(=O)n(-c3ccc(OCCCN[C@H](C(=O)O)c4ccccc4)cc3)c2N)ccc1F. The quantitative estimate of drug-likeness (QED) is 0.168. The fourth-order valence-electron chi connectivity index (χ4n) is 4.18. The second kappa shape index (κ2) is 12.2. The van der Waals surface area contributed by atoms with Crippen LogP contribution in [0.5, 0.6) is 5.75 Å². The lowest BCUT2D eigenvalue weighted by molar-refractivity contribution is -0.139. The monoisotopic (exact) mass is 528 g/mol. The van der Waals surface area contributed by atoms with Crippen molar-refractivity contribution < 1.29 is 19.0 Å². The fraction of sp³-hybridized carbons (Fsp3) is 0.167. The van der Waals surface area contributed by atoms with Crippen LogP contribution in [0.2, 0.25) is 0 Å². The first-order valence-corrected chi connectivity index (χ1v) is 12.4. The molecule has 4 rings (SSSR count). The van der Waals surface area contributed by atoms with Gasteiger partial charge in [0.05, 0.1) is 18.0 Å². The maximum atomic E-state index is 13.7. The third-order valence-electron chi connectivity index (χ3n) is 6.26. The Morgan fingerprint density at radius 2 is 1.79 bits per heavy atom. The largest absolute Gasteiger partial charge is 0.494 e. The van der Waals surface area contributed by atoms with Gasteiger partial charge in [-0.3, -0.25) is 19.6 Å². The molecule has 0 saturated heterocycles. The molecule has 0 aliphatic heterocycles. The fourth-order valence-corrected chi connectivity index (χ4v) is 4.18. The summed E-state index contributed by atoms with van der Waals surface area (Å²) < 4.78 is 20.8. The number of rotatable bonds is 11. The van der Waals surface area contributed by atoms with Crippen LogP contribution in [0.15, 0.2) is 89.7 Å².